The third kappa shape index (κ3) is 4.90. The van der Waals surface area contributed by atoms with E-state index in [9.17, 15) is 0 Å². The highest BCUT2D eigenvalue weighted by atomic mass is 15.2. The van der Waals surface area contributed by atoms with Crippen LogP contribution in [0.1, 0.15) is 45.4 Å². The number of rotatable bonds is 8. The molecule has 0 aliphatic rings. The summed E-state index contributed by atoms with van der Waals surface area (Å²) in [5.41, 5.74) is 0. The second-order valence-corrected chi connectivity index (χ2v) is 4.71. The summed E-state index contributed by atoms with van der Waals surface area (Å²) in [6.45, 7) is 8.33. The van der Waals surface area contributed by atoms with Crippen molar-refractivity contribution in [2.75, 3.05) is 30.4 Å². The first-order valence-electron chi connectivity index (χ1n) is 6.98. The Bertz CT molecular complexity index is 352. The summed E-state index contributed by atoms with van der Waals surface area (Å²) in [5.74, 6) is 2.77. The van der Waals surface area contributed by atoms with E-state index in [4.69, 9.17) is 0 Å². The molecule has 1 heterocycles. The number of aryl methyl sites for hydroxylation is 1. The van der Waals surface area contributed by atoms with Crippen molar-refractivity contribution >= 4 is 11.6 Å². The Balaban J connectivity index is 2.65. The molecule has 0 aliphatic heterocycles. The third-order valence-electron chi connectivity index (χ3n) is 2.87. The van der Waals surface area contributed by atoms with Crippen LogP contribution in [0, 0.1) is 6.92 Å². The van der Waals surface area contributed by atoms with Gasteiger partial charge in [0.15, 0.2) is 0 Å². The summed E-state index contributed by atoms with van der Waals surface area (Å²) in [6.07, 6.45) is 4.84. The fourth-order valence-corrected chi connectivity index (χ4v) is 1.80. The number of hydrogen-bond donors (Lipinski definition) is 1. The molecule has 0 unspecified atom stereocenters. The van der Waals surface area contributed by atoms with Crippen LogP contribution in [0.3, 0.4) is 0 Å². The quantitative estimate of drug-likeness (QED) is 0.719. The molecule has 0 fully saturated rings. The highest BCUT2D eigenvalue weighted by molar-refractivity contribution is 5.48. The zero-order valence-corrected chi connectivity index (χ0v) is 12.2. The number of nitrogens with zero attached hydrogens (tertiary/aromatic N) is 3. The number of unbranched alkanes of at least 4 members (excludes halogenated alkanes) is 2. The highest BCUT2D eigenvalue weighted by Gasteiger charge is 2.06. The van der Waals surface area contributed by atoms with E-state index in [1.54, 1.807) is 0 Å². The van der Waals surface area contributed by atoms with E-state index in [-0.39, 0.29) is 0 Å². The van der Waals surface area contributed by atoms with Gasteiger partial charge in [0, 0.05) is 26.2 Å². The molecule has 1 aromatic heterocycles. The largest absolute Gasteiger partial charge is 0.370 e. The minimum Gasteiger partial charge on any atom is -0.370 e. The monoisotopic (exact) mass is 250 g/mol. The van der Waals surface area contributed by atoms with Gasteiger partial charge in [0.1, 0.15) is 17.5 Å². The van der Waals surface area contributed by atoms with E-state index < -0.39 is 0 Å². The van der Waals surface area contributed by atoms with E-state index in [0.29, 0.717) is 0 Å². The van der Waals surface area contributed by atoms with Crippen molar-refractivity contribution in [3.8, 4) is 0 Å². The predicted octanol–water partition coefficient (Wildman–Crippen LogP) is 3.23. The fourth-order valence-electron chi connectivity index (χ4n) is 1.80. The van der Waals surface area contributed by atoms with Crippen molar-refractivity contribution in [1.82, 2.24) is 9.97 Å². The first kappa shape index (κ1) is 14.7. The van der Waals surface area contributed by atoms with Crippen LogP contribution in [-0.4, -0.2) is 30.1 Å². The van der Waals surface area contributed by atoms with Gasteiger partial charge >= 0.3 is 0 Å². The smallest absolute Gasteiger partial charge is 0.134 e. The Labute approximate surface area is 111 Å². The molecule has 0 saturated heterocycles. The Morgan fingerprint density at radius 3 is 2.61 bits per heavy atom. The van der Waals surface area contributed by atoms with Gasteiger partial charge in [-0.05, 0) is 19.8 Å². The molecular formula is C14H26N4. The molecule has 0 radical (unpaired) electrons. The summed E-state index contributed by atoms with van der Waals surface area (Å²) in [6, 6.07) is 2.04. The summed E-state index contributed by atoms with van der Waals surface area (Å²) < 4.78 is 0. The van der Waals surface area contributed by atoms with Crippen molar-refractivity contribution in [2.45, 2.75) is 46.5 Å². The Hall–Kier alpha value is -1.32. The van der Waals surface area contributed by atoms with Gasteiger partial charge in [-0.25, -0.2) is 9.97 Å². The maximum absolute atomic E-state index is 4.50. The lowest BCUT2D eigenvalue weighted by atomic mass is 10.2. The summed E-state index contributed by atoms with van der Waals surface area (Å²) >= 11 is 0. The van der Waals surface area contributed by atoms with Crippen LogP contribution < -0.4 is 10.2 Å². The van der Waals surface area contributed by atoms with Gasteiger partial charge in [0.05, 0.1) is 0 Å². The maximum Gasteiger partial charge on any atom is 0.134 e. The van der Waals surface area contributed by atoms with Gasteiger partial charge < -0.3 is 10.2 Å². The van der Waals surface area contributed by atoms with E-state index in [0.717, 1.165) is 37.0 Å². The first-order valence-corrected chi connectivity index (χ1v) is 6.98. The Morgan fingerprint density at radius 2 is 1.94 bits per heavy atom. The van der Waals surface area contributed by atoms with E-state index in [1.165, 1.54) is 19.3 Å². The van der Waals surface area contributed by atoms with Crippen LogP contribution in [0.25, 0.3) is 0 Å². The number of nitrogens with one attached hydrogen (secondary N) is 1. The highest BCUT2D eigenvalue weighted by Crippen LogP contribution is 2.15. The van der Waals surface area contributed by atoms with E-state index >= 15 is 0 Å². The molecule has 0 atom stereocenters. The fraction of sp³-hybridized carbons (Fsp3) is 0.714. The molecule has 18 heavy (non-hydrogen) atoms. The second kappa shape index (κ2) is 7.90. The molecule has 4 nitrogen and oxygen atoms in total. The molecular weight excluding hydrogens is 224 g/mol. The van der Waals surface area contributed by atoms with Crippen molar-refractivity contribution in [3.63, 3.8) is 0 Å². The summed E-state index contributed by atoms with van der Waals surface area (Å²) in [4.78, 5) is 11.1. The van der Waals surface area contributed by atoms with Gasteiger partial charge in [0.25, 0.3) is 0 Å². The van der Waals surface area contributed by atoms with Gasteiger partial charge in [-0.15, -0.1) is 0 Å². The number of aromatic nitrogens is 2. The average Bonchev–Trinajstić information content (AvgIpc) is 2.36. The van der Waals surface area contributed by atoms with Gasteiger partial charge in [-0.2, -0.15) is 0 Å². The predicted molar refractivity (Wildman–Crippen MR) is 78.3 cm³/mol. The van der Waals surface area contributed by atoms with Crippen LogP contribution >= 0.6 is 0 Å². The lowest BCUT2D eigenvalue weighted by molar-refractivity contribution is 0.700. The molecule has 4 heteroatoms. The topological polar surface area (TPSA) is 41.0 Å². The van der Waals surface area contributed by atoms with Crippen molar-refractivity contribution in [3.05, 3.63) is 11.9 Å². The van der Waals surface area contributed by atoms with E-state index in [2.05, 4.69) is 41.1 Å². The van der Waals surface area contributed by atoms with Gasteiger partial charge in [-0.1, -0.05) is 26.7 Å². The van der Waals surface area contributed by atoms with Crippen molar-refractivity contribution in [2.24, 2.45) is 0 Å². The summed E-state index contributed by atoms with van der Waals surface area (Å²) in [7, 11) is 2.10. The first-order chi connectivity index (χ1) is 8.67. The second-order valence-electron chi connectivity index (χ2n) is 4.71. The van der Waals surface area contributed by atoms with Crippen LogP contribution in [0.15, 0.2) is 6.07 Å². The molecule has 0 aromatic carbocycles. The SMILES string of the molecule is CCCCCN(C)c1cc(NCCC)nc(C)n1. The van der Waals surface area contributed by atoms with Crippen LogP contribution in [0.5, 0.6) is 0 Å². The molecule has 1 aromatic rings. The van der Waals surface area contributed by atoms with E-state index in [1.807, 2.05) is 13.0 Å². The number of hydrogen-bond acceptors (Lipinski definition) is 4. The van der Waals surface area contributed by atoms with Crippen LogP contribution in [0.2, 0.25) is 0 Å². The molecule has 0 amide bonds. The third-order valence-corrected chi connectivity index (χ3v) is 2.87. The Kier molecular flexibility index (Phi) is 6.47. The zero-order chi connectivity index (χ0) is 13.4. The molecule has 0 saturated carbocycles. The maximum atomic E-state index is 4.50. The molecule has 1 N–H and O–H groups in total. The zero-order valence-electron chi connectivity index (χ0n) is 12.2. The minimum atomic E-state index is 0.827. The van der Waals surface area contributed by atoms with Crippen molar-refractivity contribution in [1.29, 1.82) is 0 Å². The van der Waals surface area contributed by atoms with Gasteiger partial charge in [0.2, 0.25) is 0 Å². The van der Waals surface area contributed by atoms with Crippen molar-refractivity contribution < 1.29 is 0 Å². The van der Waals surface area contributed by atoms with Gasteiger partial charge in [-0.3, -0.25) is 0 Å². The minimum absolute atomic E-state index is 0.827. The Morgan fingerprint density at radius 1 is 1.17 bits per heavy atom. The molecule has 0 bridgehead atoms. The normalized spacial score (nSPS) is 10.4. The average molecular weight is 250 g/mol. The van der Waals surface area contributed by atoms with Crippen LogP contribution in [0.4, 0.5) is 11.6 Å². The lowest BCUT2D eigenvalue weighted by Crippen LogP contribution is -2.20. The summed E-state index contributed by atoms with van der Waals surface area (Å²) in [5, 5.41) is 3.32. The molecule has 102 valence electrons. The standard InChI is InChI=1S/C14H26N4/c1-5-7-8-10-18(4)14-11-13(15-9-6-2)16-12(3)17-14/h11H,5-10H2,1-4H3,(H,15,16,17). The molecule has 1 rings (SSSR count). The number of anilines is 2. The molecule has 0 aliphatic carbocycles. The van der Waals surface area contributed by atoms with Crippen LogP contribution in [-0.2, 0) is 0 Å². The molecule has 0 spiro atoms. The lowest BCUT2D eigenvalue weighted by Gasteiger charge is -2.19.